The van der Waals surface area contributed by atoms with Crippen LogP contribution in [0.1, 0.15) is 0 Å². The molecule has 0 amide bonds. The Labute approximate surface area is 226 Å². The average molecular weight is 497 g/mol. The fraction of sp³-hybridized carbons (Fsp3) is 0. The Morgan fingerprint density at radius 3 is 1.56 bits per heavy atom. The number of fused-ring (bicyclic) bond motifs is 4. The molecule has 0 aliphatic heterocycles. The van der Waals surface area contributed by atoms with E-state index in [0.29, 0.717) is 0 Å². The van der Waals surface area contributed by atoms with Crippen molar-refractivity contribution in [3.8, 4) is 33.4 Å². The summed E-state index contributed by atoms with van der Waals surface area (Å²) in [5.74, 6) is 0. The number of benzene rings is 7. The summed E-state index contributed by atoms with van der Waals surface area (Å²) >= 11 is 0. The molecule has 0 radical (unpaired) electrons. The van der Waals surface area contributed by atoms with Gasteiger partial charge in [-0.2, -0.15) is 0 Å². The molecule has 1 heteroatoms. The zero-order valence-electron chi connectivity index (χ0n) is 21.3. The molecule has 8 rings (SSSR count). The Morgan fingerprint density at radius 2 is 0.897 bits per heavy atom. The van der Waals surface area contributed by atoms with E-state index in [1.165, 1.54) is 54.6 Å². The number of rotatable bonds is 3. The molecule has 182 valence electrons. The Kier molecular flexibility index (Phi) is 4.89. The molecule has 0 atom stereocenters. The van der Waals surface area contributed by atoms with Crippen LogP contribution < -0.4 is 0 Å². The first-order valence-electron chi connectivity index (χ1n) is 13.3. The third kappa shape index (κ3) is 3.48. The summed E-state index contributed by atoms with van der Waals surface area (Å²) in [6.07, 6.45) is 1.88. The largest absolute Gasteiger partial charge is 0.464 e. The van der Waals surface area contributed by atoms with Crippen molar-refractivity contribution < 1.29 is 4.42 Å². The second-order valence-corrected chi connectivity index (χ2v) is 10.1. The van der Waals surface area contributed by atoms with Crippen LogP contribution in [0.25, 0.3) is 76.7 Å². The van der Waals surface area contributed by atoms with E-state index in [1.54, 1.807) is 0 Å². The minimum absolute atomic E-state index is 0.902. The molecule has 1 aromatic heterocycles. The van der Waals surface area contributed by atoms with E-state index in [1.807, 2.05) is 12.3 Å². The van der Waals surface area contributed by atoms with Gasteiger partial charge in [-0.1, -0.05) is 121 Å². The molecule has 0 N–H and O–H groups in total. The van der Waals surface area contributed by atoms with E-state index in [0.717, 1.165) is 22.1 Å². The van der Waals surface area contributed by atoms with Gasteiger partial charge in [0.05, 0.1) is 6.26 Å². The number of furan rings is 1. The SMILES string of the molecule is c1ccc(-c2coc3ccc(-c4c5ccccc5c(-c5ccc6ccccc6c5)c5ccccc45)cc23)cc1. The summed E-state index contributed by atoms with van der Waals surface area (Å²) in [5.41, 5.74) is 8.16. The van der Waals surface area contributed by atoms with Gasteiger partial charge in [0.2, 0.25) is 0 Å². The van der Waals surface area contributed by atoms with Crippen molar-refractivity contribution in [2.75, 3.05) is 0 Å². The lowest BCUT2D eigenvalue weighted by Gasteiger charge is -2.18. The molecule has 1 nitrogen and oxygen atoms in total. The third-order valence-corrected chi connectivity index (χ3v) is 7.92. The van der Waals surface area contributed by atoms with E-state index >= 15 is 0 Å². The monoisotopic (exact) mass is 496 g/mol. The Morgan fingerprint density at radius 1 is 0.359 bits per heavy atom. The highest BCUT2D eigenvalue weighted by Gasteiger charge is 2.18. The Balaban J connectivity index is 1.44. The van der Waals surface area contributed by atoms with Crippen LogP contribution in [0.4, 0.5) is 0 Å². The molecule has 0 saturated heterocycles. The van der Waals surface area contributed by atoms with Gasteiger partial charge >= 0.3 is 0 Å². The van der Waals surface area contributed by atoms with E-state index in [-0.39, 0.29) is 0 Å². The molecule has 0 aliphatic rings. The van der Waals surface area contributed by atoms with Crippen molar-refractivity contribution in [3.63, 3.8) is 0 Å². The highest BCUT2D eigenvalue weighted by atomic mass is 16.3. The van der Waals surface area contributed by atoms with Crippen LogP contribution in [-0.4, -0.2) is 0 Å². The normalized spacial score (nSPS) is 11.6. The predicted molar refractivity (Wildman–Crippen MR) is 165 cm³/mol. The molecule has 1 heterocycles. The van der Waals surface area contributed by atoms with Crippen LogP contribution in [-0.2, 0) is 0 Å². The van der Waals surface area contributed by atoms with Crippen molar-refractivity contribution in [2.24, 2.45) is 0 Å². The number of hydrogen-bond donors (Lipinski definition) is 0. The highest BCUT2D eigenvalue weighted by Crippen LogP contribution is 2.45. The van der Waals surface area contributed by atoms with Crippen LogP contribution in [0.15, 0.2) is 150 Å². The second-order valence-electron chi connectivity index (χ2n) is 10.1. The predicted octanol–water partition coefficient (Wildman–Crippen LogP) is 10.9. The van der Waals surface area contributed by atoms with Crippen LogP contribution in [0.5, 0.6) is 0 Å². The van der Waals surface area contributed by atoms with Gasteiger partial charge in [0, 0.05) is 10.9 Å². The lowest BCUT2D eigenvalue weighted by molar-refractivity contribution is 0.617. The molecule has 7 aromatic carbocycles. The summed E-state index contributed by atoms with van der Waals surface area (Å²) < 4.78 is 5.98. The molecule has 8 aromatic rings. The molecule has 0 aliphatic carbocycles. The van der Waals surface area contributed by atoms with E-state index in [4.69, 9.17) is 4.42 Å². The fourth-order valence-electron chi connectivity index (χ4n) is 6.12. The molecule has 0 spiro atoms. The van der Waals surface area contributed by atoms with Crippen molar-refractivity contribution in [1.82, 2.24) is 0 Å². The van der Waals surface area contributed by atoms with Crippen LogP contribution in [0.3, 0.4) is 0 Å². The zero-order chi connectivity index (χ0) is 25.8. The Hall–Kier alpha value is -5.14. The lowest BCUT2D eigenvalue weighted by Crippen LogP contribution is -1.91. The van der Waals surface area contributed by atoms with Gasteiger partial charge in [-0.3, -0.25) is 0 Å². The molecule has 0 fully saturated rings. The quantitative estimate of drug-likeness (QED) is 0.222. The minimum Gasteiger partial charge on any atom is -0.464 e. The highest BCUT2D eigenvalue weighted by molar-refractivity contribution is 6.22. The van der Waals surface area contributed by atoms with Crippen LogP contribution in [0.2, 0.25) is 0 Å². The molecule has 0 saturated carbocycles. The smallest absolute Gasteiger partial charge is 0.134 e. The van der Waals surface area contributed by atoms with E-state index in [2.05, 4.69) is 133 Å². The fourth-order valence-corrected chi connectivity index (χ4v) is 6.12. The number of hydrogen-bond acceptors (Lipinski definition) is 1. The van der Waals surface area contributed by atoms with Gasteiger partial charge in [0.25, 0.3) is 0 Å². The first-order chi connectivity index (χ1) is 19.3. The van der Waals surface area contributed by atoms with Gasteiger partial charge in [0.1, 0.15) is 5.58 Å². The van der Waals surface area contributed by atoms with Gasteiger partial charge in [0.15, 0.2) is 0 Å². The topological polar surface area (TPSA) is 13.1 Å². The maximum Gasteiger partial charge on any atom is 0.134 e. The maximum absolute atomic E-state index is 5.98. The maximum atomic E-state index is 5.98. The van der Waals surface area contributed by atoms with Crippen LogP contribution in [0, 0.1) is 0 Å². The third-order valence-electron chi connectivity index (χ3n) is 7.92. The van der Waals surface area contributed by atoms with Gasteiger partial charge in [-0.25, -0.2) is 0 Å². The van der Waals surface area contributed by atoms with Gasteiger partial charge in [-0.15, -0.1) is 0 Å². The summed E-state index contributed by atoms with van der Waals surface area (Å²) in [4.78, 5) is 0. The standard InChI is InChI=1S/C38H24O/c1-2-11-26(12-3-1)35-24-39-36-21-20-29(23-34(35)36)38-32-16-8-6-14-30(32)37(31-15-7-9-17-33(31)38)28-19-18-25-10-4-5-13-27(25)22-28/h1-24H. The van der Waals surface area contributed by atoms with Crippen molar-refractivity contribution in [3.05, 3.63) is 146 Å². The summed E-state index contributed by atoms with van der Waals surface area (Å²) in [5, 5.41) is 8.67. The van der Waals surface area contributed by atoms with Crippen molar-refractivity contribution in [1.29, 1.82) is 0 Å². The van der Waals surface area contributed by atoms with Crippen molar-refractivity contribution >= 4 is 43.3 Å². The van der Waals surface area contributed by atoms with Gasteiger partial charge < -0.3 is 4.42 Å². The van der Waals surface area contributed by atoms with E-state index in [9.17, 15) is 0 Å². The zero-order valence-corrected chi connectivity index (χ0v) is 21.3. The van der Waals surface area contributed by atoms with E-state index < -0.39 is 0 Å². The van der Waals surface area contributed by atoms with Crippen molar-refractivity contribution in [2.45, 2.75) is 0 Å². The average Bonchev–Trinajstić information content (AvgIpc) is 3.43. The van der Waals surface area contributed by atoms with Crippen LogP contribution >= 0.6 is 0 Å². The summed E-state index contributed by atoms with van der Waals surface area (Å²) in [6, 6.07) is 50.1. The molecule has 0 bridgehead atoms. The molecular formula is C38H24O. The van der Waals surface area contributed by atoms with Gasteiger partial charge in [-0.05, 0) is 78.3 Å². The molecule has 0 unspecified atom stereocenters. The lowest BCUT2D eigenvalue weighted by atomic mass is 9.85. The minimum atomic E-state index is 0.902. The summed E-state index contributed by atoms with van der Waals surface area (Å²) in [7, 11) is 0. The Bertz CT molecular complexity index is 2110. The summed E-state index contributed by atoms with van der Waals surface area (Å²) in [6.45, 7) is 0. The first kappa shape index (κ1) is 21.9. The molecule has 39 heavy (non-hydrogen) atoms. The molecular weight excluding hydrogens is 472 g/mol. The first-order valence-corrected chi connectivity index (χ1v) is 13.3. The second kappa shape index (κ2) is 8.72.